The van der Waals surface area contributed by atoms with E-state index in [4.69, 9.17) is 0 Å². The summed E-state index contributed by atoms with van der Waals surface area (Å²) < 4.78 is 1.92. The van der Waals surface area contributed by atoms with Crippen LogP contribution >= 0.6 is 0 Å². The number of rotatable bonds is 6. The normalized spacial score (nSPS) is 25.2. The summed E-state index contributed by atoms with van der Waals surface area (Å²) in [5.74, 6) is 0.707. The molecule has 4 atom stereocenters. The van der Waals surface area contributed by atoms with Gasteiger partial charge in [0.1, 0.15) is 5.69 Å². The zero-order valence-corrected chi connectivity index (χ0v) is 16.9. The minimum atomic E-state index is 0.0820. The molecule has 1 N–H and O–H groups in total. The number of nitrogens with zero attached hydrogens (tertiary/aromatic N) is 5. The molecule has 3 fully saturated rings. The fourth-order valence-electron chi connectivity index (χ4n) is 4.78. The van der Waals surface area contributed by atoms with Gasteiger partial charge in [-0.3, -0.25) is 19.4 Å². The first kappa shape index (κ1) is 18.9. The Hall–Kier alpha value is -3.06. The van der Waals surface area contributed by atoms with Crippen LogP contribution < -0.4 is 5.32 Å². The molecule has 2 bridgehead atoms. The van der Waals surface area contributed by atoms with E-state index in [9.17, 15) is 4.79 Å². The molecule has 154 valence electrons. The molecule has 30 heavy (non-hydrogen) atoms. The average Bonchev–Trinajstić information content (AvgIpc) is 3.28. The van der Waals surface area contributed by atoms with Crippen LogP contribution in [-0.2, 0) is 17.9 Å². The van der Waals surface area contributed by atoms with Crippen molar-refractivity contribution < 1.29 is 4.79 Å². The number of fused-ring (bicyclic) bond motifs is 3. The Morgan fingerprint density at radius 3 is 2.73 bits per heavy atom. The summed E-state index contributed by atoms with van der Waals surface area (Å²) in [5, 5.41) is 11.7. The Balaban J connectivity index is 1.19. The van der Waals surface area contributed by atoms with Crippen LogP contribution in [0.15, 0.2) is 60.9 Å². The number of carbonyl (C=O) groups excluding carboxylic acids is 1. The van der Waals surface area contributed by atoms with E-state index in [0.717, 1.165) is 49.4 Å². The SMILES string of the molecule is O=C(NCc1ccccc1)[C@H]1CN2CC[C@H]1C[C@@H]2Cn1cc(-c2ccccn2)nn1. The van der Waals surface area contributed by atoms with Crippen LogP contribution in [0.3, 0.4) is 0 Å². The monoisotopic (exact) mass is 402 g/mol. The predicted octanol–water partition coefficient (Wildman–Crippen LogP) is 2.37. The summed E-state index contributed by atoms with van der Waals surface area (Å²) >= 11 is 0. The Kier molecular flexibility index (Phi) is 5.27. The van der Waals surface area contributed by atoms with Gasteiger partial charge in [0.25, 0.3) is 0 Å². The number of piperidine rings is 3. The molecule has 7 nitrogen and oxygen atoms in total. The number of hydrogen-bond donors (Lipinski definition) is 1. The van der Waals surface area contributed by atoms with Crippen LogP contribution in [0.4, 0.5) is 0 Å². The topological polar surface area (TPSA) is 75.9 Å². The summed E-state index contributed by atoms with van der Waals surface area (Å²) in [5.41, 5.74) is 2.77. The second-order valence-electron chi connectivity index (χ2n) is 8.28. The molecule has 3 aromatic rings. The third-order valence-electron chi connectivity index (χ3n) is 6.39. The lowest BCUT2D eigenvalue weighted by molar-refractivity contribution is -0.133. The van der Waals surface area contributed by atoms with Crippen molar-refractivity contribution in [2.24, 2.45) is 11.8 Å². The molecule has 3 aliphatic rings. The quantitative estimate of drug-likeness (QED) is 0.685. The largest absolute Gasteiger partial charge is 0.352 e. The summed E-state index contributed by atoms with van der Waals surface area (Å²) in [6.07, 6.45) is 5.86. The highest BCUT2D eigenvalue weighted by Gasteiger charge is 2.43. The Bertz CT molecular complexity index is 989. The third kappa shape index (κ3) is 3.98. The summed E-state index contributed by atoms with van der Waals surface area (Å²) in [7, 11) is 0. The Morgan fingerprint density at radius 2 is 1.97 bits per heavy atom. The second kappa shape index (κ2) is 8.36. The van der Waals surface area contributed by atoms with E-state index in [1.54, 1.807) is 6.20 Å². The molecule has 2 aromatic heterocycles. The highest BCUT2D eigenvalue weighted by molar-refractivity contribution is 5.79. The standard InChI is InChI=1S/C23H26N6O/c30-23(25-13-17-6-2-1-3-7-17)20-15-28-11-9-18(20)12-19(28)14-29-16-22(26-27-29)21-8-4-5-10-24-21/h1-8,10,16,18-20H,9,11-15H2,(H,25,30)/t18-,19+,20-/m0/s1. The lowest BCUT2D eigenvalue weighted by Gasteiger charge is -2.49. The molecular weight excluding hydrogens is 376 g/mol. The summed E-state index contributed by atoms with van der Waals surface area (Å²) in [4.78, 5) is 19.6. The van der Waals surface area contributed by atoms with Crippen molar-refractivity contribution in [1.29, 1.82) is 0 Å². The number of carbonyl (C=O) groups is 1. The van der Waals surface area contributed by atoms with E-state index in [-0.39, 0.29) is 11.8 Å². The van der Waals surface area contributed by atoms with Crippen molar-refractivity contribution in [2.45, 2.75) is 32.0 Å². The van der Waals surface area contributed by atoms with Crippen LogP contribution in [0.5, 0.6) is 0 Å². The maximum Gasteiger partial charge on any atom is 0.224 e. The van der Waals surface area contributed by atoms with Crippen molar-refractivity contribution in [3.63, 3.8) is 0 Å². The van der Waals surface area contributed by atoms with Crippen LogP contribution in [0.2, 0.25) is 0 Å². The molecule has 0 spiro atoms. The summed E-state index contributed by atoms with van der Waals surface area (Å²) in [6.45, 7) is 3.29. The molecule has 3 saturated heterocycles. The van der Waals surface area contributed by atoms with Crippen molar-refractivity contribution >= 4 is 5.91 Å². The summed E-state index contributed by atoms with van der Waals surface area (Å²) in [6, 6.07) is 16.3. The van der Waals surface area contributed by atoms with Gasteiger partial charge in [0.05, 0.1) is 24.4 Å². The van der Waals surface area contributed by atoms with Gasteiger partial charge in [-0.05, 0) is 43.0 Å². The fraction of sp³-hybridized carbons (Fsp3) is 0.391. The van der Waals surface area contributed by atoms with Crippen molar-refractivity contribution in [3.05, 3.63) is 66.5 Å². The molecule has 7 heteroatoms. The second-order valence-corrected chi connectivity index (χ2v) is 8.28. The van der Waals surface area contributed by atoms with Gasteiger partial charge in [-0.1, -0.05) is 41.6 Å². The molecule has 0 aliphatic carbocycles. The molecule has 1 amide bonds. The first-order valence-corrected chi connectivity index (χ1v) is 10.6. The van der Waals surface area contributed by atoms with Gasteiger partial charge in [-0.2, -0.15) is 0 Å². The van der Waals surface area contributed by atoms with Crippen LogP contribution in [-0.4, -0.2) is 49.9 Å². The third-order valence-corrected chi connectivity index (χ3v) is 6.39. The molecule has 3 aliphatic heterocycles. The maximum absolute atomic E-state index is 12.8. The van der Waals surface area contributed by atoms with Gasteiger partial charge < -0.3 is 5.32 Å². The number of amides is 1. The van der Waals surface area contributed by atoms with E-state index in [0.29, 0.717) is 18.5 Å². The zero-order valence-electron chi connectivity index (χ0n) is 16.9. The Morgan fingerprint density at radius 1 is 1.10 bits per heavy atom. The average molecular weight is 403 g/mol. The van der Waals surface area contributed by atoms with E-state index < -0.39 is 0 Å². The van der Waals surface area contributed by atoms with Crippen LogP contribution in [0.1, 0.15) is 18.4 Å². The minimum absolute atomic E-state index is 0.0820. The molecule has 1 aromatic carbocycles. The fourth-order valence-corrected chi connectivity index (χ4v) is 4.78. The van der Waals surface area contributed by atoms with Crippen molar-refractivity contribution in [1.82, 2.24) is 30.2 Å². The lowest BCUT2D eigenvalue weighted by atomic mass is 9.75. The molecule has 0 saturated carbocycles. The Labute approximate surface area is 176 Å². The number of nitrogens with one attached hydrogen (secondary N) is 1. The van der Waals surface area contributed by atoms with E-state index in [1.165, 1.54) is 0 Å². The highest BCUT2D eigenvalue weighted by atomic mass is 16.1. The highest BCUT2D eigenvalue weighted by Crippen LogP contribution is 2.37. The smallest absolute Gasteiger partial charge is 0.224 e. The number of pyridine rings is 1. The van der Waals surface area contributed by atoms with E-state index in [2.05, 4.69) is 25.5 Å². The van der Waals surface area contributed by atoms with Gasteiger partial charge in [0, 0.05) is 25.3 Å². The molecular formula is C23H26N6O. The predicted molar refractivity (Wildman–Crippen MR) is 113 cm³/mol. The van der Waals surface area contributed by atoms with Crippen molar-refractivity contribution in [3.8, 4) is 11.4 Å². The van der Waals surface area contributed by atoms with E-state index in [1.807, 2.05) is 59.4 Å². The lowest BCUT2D eigenvalue weighted by Crippen LogP contribution is -2.57. The number of aromatic nitrogens is 4. The first-order chi connectivity index (χ1) is 14.8. The molecule has 5 heterocycles. The molecule has 0 radical (unpaired) electrons. The van der Waals surface area contributed by atoms with Crippen LogP contribution in [0, 0.1) is 11.8 Å². The van der Waals surface area contributed by atoms with Crippen molar-refractivity contribution in [2.75, 3.05) is 13.1 Å². The van der Waals surface area contributed by atoms with Gasteiger partial charge in [-0.15, -0.1) is 5.10 Å². The number of benzene rings is 1. The molecule has 6 rings (SSSR count). The van der Waals surface area contributed by atoms with Gasteiger partial charge in [0.15, 0.2) is 0 Å². The van der Waals surface area contributed by atoms with Gasteiger partial charge >= 0.3 is 0 Å². The van der Waals surface area contributed by atoms with E-state index >= 15 is 0 Å². The molecule has 1 unspecified atom stereocenters. The first-order valence-electron chi connectivity index (χ1n) is 10.6. The van der Waals surface area contributed by atoms with Gasteiger partial charge in [-0.25, -0.2) is 0 Å². The maximum atomic E-state index is 12.8. The van der Waals surface area contributed by atoms with Crippen LogP contribution in [0.25, 0.3) is 11.4 Å². The minimum Gasteiger partial charge on any atom is -0.352 e. The number of hydrogen-bond acceptors (Lipinski definition) is 5. The zero-order chi connectivity index (χ0) is 20.3. The van der Waals surface area contributed by atoms with Gasteiger partial charge in [0.2, 0.25) is 5.91 Å².